The van der Waals surface area contributed by atoms with Crippen LogP contribution in [0.15, 0.2) is 54.6 Å². The van der Waals surface area contributed by atoms with E-state index in [-0.39, 0.29) is 23.6 Å². The van der Waals surface area contributed by atoms with E-state index in [2.05, 4.69) is 24.3 Å². The van der Waals surface area contributed by atoms with Crippen LogP contribution in [-0.4, -0.2) is 34.2 Å². The summed E-state index contributed by atoms with van der Waals surface area (Å²) in [5, 5.41) is 9.87. The number of rotatable bonds is 6. The summed E-state index contributed by atoms with van der Waals surface area (Å²) in [6, 6.07) is 16.1. The third-order valence-corrected chi connectivity index (χ3v) is 7.00. The van der Waals surface area contributed by atoms with E-state index in [0.29, 0.717) is 11.5 Å². The van der Waals surface area contributed by atoms with E-state index in [1.165, 1.54) is 29.8 Å². The minimum Gasteiger partial charge on any atom is -0.376 e. The van der Waals surface area contributed by atoms with Crippen LogP contribution in [0.2, 0.25) is 0 Å². The van der Waals surface area contributed by atoms with Crippen LogP contribution in [0.25, 0.3) is 0 Å². The second-order valence-electron chi connectivity index (χ2n) is 9.46. The van der Waals surface area contributed by atoms with Crippen molar-refractivity contribution in [3.05, 3.63) is 71.3 Å². The first-order valence-electron chi connectivity index (χ1n) is 11.4. The van der Waals surface area contributed by atoms with Gasteiger partial charge in [0.2, 0.25) is 0 Å². The van der Waals surface area contributed by atoms with E-state index in [1.807, 2.05) is 11.0 Å². The van der Waals surface area contributed by atoms with Crippen LogP contribution < -0.4 is 0 Å². The minimum atomic E-state index is -4.78. The molecule has 0 bridgehead atoms. The van der Waals surface area contributed by atoms with Crippen LogP contribution in [-0.2, 0) is 12.0 Å². The molecule has 0 saturated heterocycles. The predicted molar refractivity (Wildman–Crippen MR) is 117 cm³/mol. The molecule has 1 atom stereocenters. The molecule has 2 aromatic rings. The number of alkyl halides is 3. The Labute approximate surface area is 187 Å². The molecule has 2 saturated carbocycles. The Morgan fingerprint density at radius 1 is 0.906 bits per heavy atom. The van der Waals surface area contributed by atoms with E-state index in [1.54, 1.807) is 0 Å². The van der Waals surface area contributed by atoms with E-state index in [0.717, 1.165) is 51.9 Å². The van der Waals surface area contributed by atoms with Crippen LogP contribution in [0.5, 0.6) is 0 Å². The number of carbonyl (C=O) groups excluding carboxylic acids is 1. The Hall–Kier alpha value is -2.34. The molecule has 4 rings (SSSR count). The van der Waals surface area contributed by atoms with Crippen LogP contribution in [0.1, 0.15) is 66.9 Å². The quantitative estimate of drug-likeness (QED) is 0.605. The summed E-state index contributed by atoms with van der Waals surface area (Å²) < 4.78 is 39.3. The van der Waals surface area contributed by atoms with Gasteiger partial charge in [-0.1, -0.05) is 42.5 Å². The van der Waals surface area contributed by atoms with Crippen molar-refractivity contribution < 1.29 is 23.1 Å². The lowest BCUT2D eigenvalue weighted by Gasteiger charge is -2.37. The van der Waals surface area contributed by atoms with E-state index < -0.39 is 11.8 Å². The molecule has 0 aliphatic heterocycles. The molecule has 1 amide bonds. The van der Waals surface area contributed by atoms with Gasteiger partial charge in [0.15, 0.2) is 5.60 Å². The standard InChI is InChI=1S/C26H30F3NO2/c1-25(32,26(27,28)29)21-11-9-20(10-12-21)24(31)30(23-15-16-23)22-13-7-19(8-14-22)17-18-5-3-2-4-6-18/h2-6,9-12,19,22-23,32H,7-8,13-17H2,1H3/t19?,22?,25-/m0/s1. The van der Waals surface area contributed by atoms with Crippen molar-refractivity contribution in [3.63, 3.8) is 0 Å². The minimum absolute atomic E-state index is 0.114. The molecule has 3 nitrogen and oxygen atoms in total. The average molecular weight is 446 g/mol. The maximum absolute atomic E-state index is 13.3. The summed E-state index contributed by atoms with van der Waals surface area (Å²) in [6.45, 7) is 0.730. The Morgan fingerprint density at radius 2 is 1.44 bits per heavy atom. The molecular weight excluding hydrogens is 415 g/mol. The topological polar surface area (TPSA) is 40.5 Å². The van der Waals surface area contributed by atoms with Gasteiger partial charge >= 0.3 is 6.18 Å². The third-order valence-electron chi connectivity index (χ3n) is 7.00. The summed E-state index contributed by atoms with van der Waals surface area (Å²) in [4.78, 5) is 15.3. The number of hydrogen-bond donors (Lipinski definition) is 1. The molecule has 6 heteroatoms. The smallest absolute Gasteiger partial charge is 0.376 e. The zero-order valence-electron chi connectivity index (χ0n) is 18.3. The zero-order chi connectivity index (χ0) is 22.9. The molecule has 2 aliphatic rings. The largest absolute Gasteiger partial charge is 0.421 e. The first kappa shape index (κ1) is 22.8. The molecule has 0 aromatic heterocycles. The maximum atomic E-state index is 13.3. The maximum Gasteiger partial charge on any atom is 0.421 e. The van der Waals surface area contributed by atoms with Crippen molar-refractivity contribution in [2.75, 3.05) is 0 Å². The lowest BCUT2D eigenvalue weighted by Crippen LogP contribution is -2.44. The number of nitrogens with zero attached hydrogens (tertiary/aromatic N) is 1. The second kappa shape index (κ2) is 8.89. The van der Waals surface area contributed by atoms with Crippen molar-refractivity contribution in [3.8, 4) is 0 Å². The molecule has 1 N–H and O–H groups in total. The first-order chi connectivity index (χ1) is 15.2. The molecule has 172 valence electrons. The van der Waals surface area contributed by atoms with Gasteiger partial charge in [0.05, 0.1) is 0 Å². The van der Waals surface area contributed by atoms with Crippen molar-refractivity contribution >= 4 is 5.91 Å². The number of carbonyl (C=O) groups is 1. The zero-order valence-corrected chi connectivity index (χ0v) is 18.3. The molecule has 0 radical (unpaired) electrons. The fourth-order valence-electron chi connectivity index (χ4n) is 4.81. The normalized spacial score (nSPS) is 23.4. The van der Waals surface area contributed by atoms with Crippen LogP contribution >= 0.6 is 0 Å². The van der Waals surface area contributed by atoms with Gasteiger partial charge in [-0.3, -0.25) is 4.79 Å². The highest BCUT2D eigenvalue weighted by Gasteiger charge is 2.51. The molecular formula is C26H30F3NO2. The molecule has 0 spiro atoms. The Balaban J connectivity index is 1.42. The number of amides is 1. The molecule has 2 aliphatic carbocycles. The fourth-order valence-corrected chi connectivity index (χ4v) is 4.81. The Bertz CT molecular complexity index is 912. The summed E-state index contributed by atoms with van der Waals surface area (Å²) in [6.07, 6.45) is 2.31. The number of halogens is 3. The van der Waals surface area contributed by atoms with Gasteiger partial charge in [0, 0.05) is 17.6 Å². The van der Waals surface area contributed by atoms with Crippen molar-refractivity contribution in [1.82, 2.24) is 4.90 Å². The summed E-state index contributed by atoms with van der Waals surface area (Å²) in [7, 11) is 0. The Kier molecular flexibility index (Phi) is 6.35. The average Bonchev–Trinajstić information content (AvgIpc) is 3.60. The van der Waals surface area contributed by atoms with Crippen LogP contribution in [0.4, 0.5) is 13.2 Å². The lowest BCUT2D eigenvalue weighted by molar-refractivity contribution is -0.258. The van der Waals surface area contributed by atoms with Crippen molar-refractivity contribution in [1.29, 1.82) is 0 Å². The van der Waals surface area contributed by atoms with Crippen molar-refractivity contribution in [2.24, 2.45) is 5.92 Å². The van der Waals surface area contributed by atoms with Gasteiger partial charge in [-0.2, -0.15) is 13.2 Å². The summed E-state index contributed by atoms with van der Waals surface area (Å²) in [5.74, 6) is 0.505. The Morgan fingerprint density at radius 3 is 1.94 bits per heavy atom. The summed E-state index contributed by atoms with van der Waals surface area (Å²) in [5.41, 5.74) is -1.48. The highest BCUT2D eigenvalue weighted by molar-refractivity contribution is 5.95. The fraction of sp³-hybridized carbons (Fsp3) is 0.500. The van der Waals surface area contributed by atoms with Gasteiger partial charge in [0.25, 0.3) is 5.91 Å². The van der Waals surface area contributed by atoms with Gasteiger partial charge in [-0.25, -0.2) is 0 Å². The van der Waals surface area contributed by atoms with Gasteiger partial charge in [0.1, 0.15) is 0 Å². The van der Waals surface area contributed by atoms with Gasteiger partial charge in [-0.15, -0.1) is 0 Å². The van der Waals surface area contributed by atoms with E-state index in [9.17, 15) is 23.1 Å². The molecule has 2 fully saturated rings. The van der Waals surface area contributed by atoms with Crippen LogP contribution in [0, 0.1) is 5.92 Å². The molecule has 2 aromatic carbocycles. The van der Waals surface area contributed by atoms with E-state index >= 15 is 0 Å². The van der Waals surface area contributed by atoms with Crippen molar-refractivity contribution in [2.45, 2.75) is 75.7 Å². The SMILES string of the molecule is C[C@](O)(c1ccc(C(=O)N(C2CCC(Cc3ccccc3)CC2)C2CC2)cc1)C(F)(F)F. The lowest BCUT2D eigenvalue weighted by atomic mass is 9.81. The number of benzene rings is 2. The van der Waals surface area contributed by atoms with E-state index in [4.69, 9.17) is 0 Å². The highest BCUT2D eigenvalue weighted by atomic mass is 19.4. The summed E-state index contributed by atoms with van der Waals surface area (Å²) >= 11 is 0. The second-order valence-corrected chi connectivity index (χ2v) is 9.46. The number of hydrogen-bond acceptors (Lipinski definition) is 2. The van der Waals surface area contributed by atoms with Gasteiger partial charge < -0.3 is 10.0 Å². The monoisotopic (exact) mass is 445 g/mol. The van der Waals surface area contributed by atoms with Gasteiger partial charge in [-0.05, 0) is 81.0 Å². The van der Waals surface area contributed by atoms with Crippen LogP contribution in [0.3, 0.4) is 0 Å². The molecule has 32 heavy (non-hydrogen) atoms. The first-order valence-corrected chi connectivity index (χ1v) is 11.4. The predicted octanol–water partition coefficient (Wildman–Crippen LogP) is 5.86. The number of aliphatic hydroxyl groups is 1. The highest BCUT2D eigenvalue weighted by Crippen LogP contribution is 2.40. The molecule has 0 heterocycles. The third kappa shape index (κ3) is 4.85. The molecule has 0 unspecified atom stereocenters.